The number of carbonyl (C=O) groups excluding carboxylic acids is 1. The van der Waals surface area contributed by atoms with Crippen LogP contribution in [0.1, 0.15) is 27.7 Å². The van der Waals surface area contributed by atoms with Crippen LogP contribution >= 0.6 is 11.3 Å². The van der Waals surface area contributed by atoms with E-state index >= 15 is 0 Å². The van der Waals surface area contributed by atoms with Crippen LogP contribution in [-0.4, -0.2) is 22.4 Å². The summed E-state index contributed by atoms with van der Waals surface area (Å²) in [6.07, 6.45) is 2.09. The van der Waals surface area contributed by atoms with E-state index in [1.807, 2.05) is 0 Å². The molecular weight excluding hydrogens is 385 g/mol. The van der Waals surface area contributed by atoms with Crippen LogP contribution in [0.3, 0.4) is 0 Å². The van der Waals surface area contributed by atoms with Gasteiger partial charge in [0.15, 0.2) is 10.9 Å². The number of benzene rings is 2. The molecule has 3 aromatic rings. The first-order chi connectivity index (χ1) is 13.5. The van der Waals surface area contributed by atoms with Crippen LogP contribution in [0.15, 0.2) is 48.7 Å². The highest BCUT2D eigenvalue weighted by molar-refractivity contribution is 7.15. The molecule has 9 heteroatoms. The Kier molecular flexibility index (Phi) is 5.95. The number of halogens is 1. The molecule has 1 aromatic heterocycles. The monoisotopic (exact) mass is 401 g/mol. The molecule has 144 valence electrons. The van der Waals surface area contributed by atoms with Gasteiger partial charge in [0.1, 0.15) is 5.82 Å². The first-order valence-corrected chi connectivity index (χ1v) is 9.19. The van der Waals surface area contributed by atoms with Gasteiger partial charge in [0.05, 0.1) is 11.5 Å². The fourth-order valence-corrected chi connectivity index (χ4v) is 3.39. The number of aromatic nitrogens is 1. The first-order valence-electron chi connectivity index (χ1n) is 8.38. The number of amides is 1. The third-order valence-corrected chi connectivity index (χ3v) is 4.67. The minimum Gasteiger partial charge on any atom is -0.487 e. The summed E-state index contributed by atoms with van der Waals surface area (Å²) in [5.74, 6) is -0.721. The van der Waals surface area contributed by atoms with Gasteiger partial charge in [-0.3, -0.25) is 20.2 Å². The summed E-state index contributed by atoms with van der Waals surface area (Å²) in [6.45, 7) is 1.99. The van der Waals surface area contributed by atoms with E-state index in [1.165, 1.54) is 41.7 Å². The standard InChI is InChI=1S/C19H16FN3O4S/c1-2-27-17-7-6-13(10-16(17)23(25)26)18(24)22-19-21-11-15(28-19)9-12-4-3-5-14(20)8-12/h3-8,10-11H,2,9H2,1H3,(H,21,22,24). The zero-order valence-electron chi connectivity index (χ0n) is 14.8. The predicted molar refractivity (Wildman–Crippen MR) is 104 cm³/mol. The fraction of sp³-hybridized carbons (Fsp3) is 0.158. The average molecular weight is 401 g/mol. The van der Waals surface area contributed by atoms with Crippen molar-refractivity contribution in [2.45, 2.75) is 13.3 Å². The van der Waals surface area contributed by atoms with Crippen molar-refractivity contribution in [1.82, 2.24) is 4.98 Å². The van der Waals surface area contributed by atoms with Gasteiger partial charge in [-0.2, -0.15) is 0 Å². The molecule has 2 aromatic carbocycles. The van der Waals surface area contributed by atoms with Crippen molar-refractivity contribution in [3.63, 3.8) is 0 Å². The van der Waals surface area contributed by atoms with Crippen molar-refractivity contribution in [1.29, 1.82) is 0 Å². The summed E-state index contributed by atoms with van der Waals surface area (Å²) in [5, 5.41) is 14.2. The summed E-state index contributed by atoms with van der Waals surface area (Å²) in [5.41, 5.74) is 0.640. The van der Waals surface area contributed by atoms with Crippen molar-refractivity contribution in [3.8, 4) is 5.75 Å². The van der Waals surface area contributed by atoms with E-state index in [9.17, 15) is 19.3 Å². The van der Waals surface area contributed by atoms with Gasteiger partial charge in [0, 0.05) is 29.1 Å². The summed E-state index contributed by atoms with van der Waals surface area (Å²) in [6, 6.07) is 10.3. The van der Waals surface area contributed by atoms with Crippen LogP contribution in [-0.2, 0) is 6.42 Å². The van der Waals surface area contributed by atoms with Gasteiger partial charge in [0.25, 0.3) is 5.91 Å². The molecule has 0 unspecified atom stereocenters. The van der Waals surface area contributed by atoms with Gasteiger partial charge in [-0.1, -0.05) is 12.1 Å². The van der Waals surface area contributed by atoms with Crippen molar-refractivity contribution in [2.24, 2.45) is 0 Å². The number of anilines is 1. The molecule has 0 spiro atoms. The topological polar surface area (TPSA) is 94.4 Å². The summed E-state index contributed by atoms with van der Waals surface area (Å²) in [7, 11) is 0. The third kappa shape index (κ3) is 4.68. The van der Waals surface area contributed by atoms with Crippen LogP contribution in [0.5, 0.6) is 5.75 Å². The lowest BCUT2D eigenvalue weighted by molar-refractivity contribution is -0.385. The van der Waals surface area contributed by atoms with Gasteiger partial charge in [-0.15, -0.1) is 11.3 Å². The van der Waals surface area contributed by atoms with E-state index in [0.717, 1.165) is 10.4 Å². The zero-order valence-corrected chi connectivity index (χ0v) is 15.7. The predicted octanol–water partition coefficient (Wildman–Crippen LogP) is 4.43. The Bertz CT molecular complexity index is 1020. The van der Waals surface area contributed by atoms with Crippen molar-refractivity contribution in [2.75, 3.05) is 11.9 Å². The number of rotatable bonds is 7. The number of hydrogen-bond donors (Lipinski definition) is 1. The number of hydrogen-bond acceptors (Lipinski definition) is 6. The van der Waals surface area contributed by atoms with Crippen LogP contribution in [0.2, 0.25) is 0 Å². The molecule has 0 saturated heterocycles. The molecule has 0 aliphatic heterocycles. The smallest absolute Gasteiger partial charge is 0.311 e. The fourth-order valence-electron chi connectivity index (χ4n) is 2.54. The molecule has 0 atom stereocenters. The summed E-state index contributed by atoms with van der Waals surface area (Å²) >= 11 is 1.25. The second kappa shape index (κ2) is 8.57. The lowest BCUT2D eigenvalue weighted by atomic mass is 10.1. The molecular formula is C19H16FN3O4S. The van der Waals surface area contributed by atoms with E-state index in [4.69, 9.17) is 4.74 Å². The minimum absolute atomic E-state index is 0.107. The Morgan fingerprint density at radius 1 is 1.32 bits per heavy atom. The molecule has 0 aliphatic carbocycles. The molecule has 0 aliphatic rings. The number of nitro benzene ring substituents is 1. The molecule has 7 nitrogen and oxygen atoms in total. The van der Waals surface area contributed by atoms with Gasteiger partial charge >= 0.3 is 5.69 Å². The van der Waals surface area contributed by atoms with Crippen LogP contribution in [0.25, 0.3) is 0 Å². The number of ether oxygens (including phenoxy) is 1. The first kappa shape index (κ1) is 19.4. The Morgan fingerprint density at radius 2 is 2.14 bits per heavy atom. The second-order valence-corrected chi connectivity index (χ2v) is 6.88. The molecule has 1 amide bonds. The van der Waals surface area contributed by atoms with Crippen LogP contribution in [0.4, 0.5) is 15.2 Å². The number of nitrogens with zero attached hydrogens (tertiary/aromatic N) is 2. The largest absolute Gasteiger partial charge is 0.487 e. The Labute approximate surface area is 164 Å². The maximum atomic E-state index is 13.3. The molecule has 1 N–H and O–H groups in total. The van der Waals surface area contributed by atoms with Crippen molar-refractivity contribution in [3.05, 3.63) is 80.6 Å². The van der Waals surface area contributed by atoms with Gasteiger partial charge < -0.3 is 4.74 Å². The van der Waals surface area contributed by atoms with Crippen LogP contribution in [0, 0.1) is 15.9 Å². The molecule has 28 heavy (non-hydrogen) atoms. The molecule has 0 fully saturated rings. The quantitative estimate of drug-likeness (QED) is 0.467. The molecule has 3 rings (SSSR count). The average Bonchev–Trinajstić information content (AvgIpc) is 3.08. The molecule has 0 bridgehead atoms. The summed E-state index contributed by atoms with van der Waals surface area (Å²) in [4.78, 5) is 28.0. The number of nitro groups is 1. The van der Waals surface area contributed by atoms with E-state index in [2.05, 4.69) is 10.3 Å². The van der Waals surface area contributed by atoms with E-state index in [0.29, 0.717) is 11.6 Å². The Hall–Kier alpha value is -3.33. The lowest BCUT2D eigenvalue weighted by Crippen LogP contribution is -2.12. The highest BCUT2D eigenvalue weighted by Crippen LogP contribution is 2.29. The van der Waals surface area contributed by atoms with Crippen LogP contribution < -0.4 is 10.1 Å². The number of carbonyl (C=O) groups is 1. The molecule has 0 radical (unpaired) electrons. The highest BCUT2D eigenvalue weighted by Gasteiger charge is 2.19. The maximum Gasteiger partial charge on any atom is 0.311 e. The highest BCUT2D eigenvalue weighted by atomic mass is 32.1. The van der Waals surface area contributed by atoms with Gasteiger partial charge in [0.2, 0.25) is 0 Å². The van der Waals surface area contributed by atoms with E-state index in [-0.39, 0.29) is 29.4 Å². The maximum absolute atomic E-state index is 13.3. The van der Waals surface area contributed by atoms with E-state index in [1.54, 1.807) is 25.3 Å². The second-order valence-electron chi connectivity index (χ2n) is 5.77. The summed E-state index contributed by atoms with van der Waals surface area (Å²) < 4.78 is 18.5. The van der Waals surface area contributed by atoms with E-state index < -0.39 is 10.8 Å². The zero-order chi connectivity index (χ0) is 20.1. The lowest BCUT2D eigenvalue weighted by Gasteiger charge is -2.06. The Balaban J connectivity index is 1.72. The van der Waals surface area contributed by atoms with Gasteiger partial charge in [-0.25, -0.2) is 9.37 Å². The minimum atomic E-state index is -0.595. The number of thiazole rings is 1. The molecule has 1 heterocycles. The van der Waals surface area contributed by atoms with Crippen molar-refractivity contribution < 1.29 is 18.8 Å². The SMILES string of the molecule is CCOc1ccc(C(=O)Nc2ncc(Cc3cccc(F)c3)s2)cc1[N+](=O)[O-]. The normalized spacial score (nSPS) is 10.5. The third-order valence-electron chi connectivity index (χ3n) is 3.76. The Morgan fingerprint density at radius 3 is 2.86 bits per heavy atom. The van der Waals surface area contributed by atoms with Crippen molar-refractivity contribution >= 4 is 28.1 Å². The molecule has 0 saturated carbocycles. The number of nitrogens with one attached hydrogen (secondary N) is 1. The van der Waals surface area contributed by atoms with Gasteiger partial charge in [-0.05, 0) is 36.8 Å².